The summed E-state index contributed by atoms with van der Waals surface area (Å²) in [4.78, 5) is 13.9. The number of hydrogen-bond donors (Lipinski definition) is 0. The molecule has 0 saturated carbocycles. The molecule has 0 unspecified atom stereocenters. The van der Waals surface area contributed by atoms with Crippen LogP contribution in [-0.2, 0) is 0 Å². The molecular weight excluding hydrogens is 235 g/mol. The lowest BCUT2D eigenvalue weighted by molar-refractivity contribution is -0.390. The number of rotatable bonds is 3. The molecule has 0 radical (unpaired) electrons. The van der Waals surface area contributed by atoms with Crippen LogP contribution < -0.4 is 0 Å². The lowest BCUT2D eigenvalue weighted by Gasteiger charge is -1.99. The molecule has 82 valence electrons. The van der Waals surface area contributed by atoms with E-state index in [0.717, 1.165) is 17.8 Å². The van der Waals surface area contributed by atoms with E-state index in [2.05, 4.69) is 4.98 Å². The maximum Gasteiger partial charge on any atom is 0.318 e. The minimum absolute atomic E-state index is 0.160. The molecular formula is C9H5FN2O3S. The highest BCUT2D eigenvalue weighted by Gasteiger charge is 2.21. The molecule has 0 aliphatic carbocycles. The highest BCUT2D eigenvalue weighted by atomic mass is 32.2. The molecule has 0 aliphatic heterocycles. The molecule has 0 bridgehead atoms. The van der Waals surface area contributed by atoms with E-state index in [9.17, 15) is 14.5 Å². The third-order valence-electron chi connectivity index (χ3n) is 1.74. The SMILES string of the molecule is O=[N+]([O-])c1c(F)cccc1Sc1ncco1. The summed E-state index contributed by atoms with van der Waals surface area (Å²) in [6, 6.07) is 3.88. The monoisotopic (exact) mass is 240 g/mol. The van der Waals surface area contributed by atoms with Crippen LogP contribution in [0.4, 0.5) is 10.1 Å². The molecule has 0 aliphatic rings. The summed E-state index contributed by atoms with van der Waals surface area (Å²) in [5, 5.41) is 10.9. The van der Waals surface area contributed by atoms with Gasteiger partial charge >= 0.3 is 5.69 Å². The van der Waals surface area contributed by atoms with Crippen molar-refractivity contribution < 1.29 is 13.7 Å². The van der Waals surface area contributed by atoms with Crippen LogP contribution in [0.15, 0.2) is 45.2 Å². The quantitative estimate of drug-likeness (QED) is 0.609. The van der Waals surface area contributed by atoms with Gasteiger partial charge in [-0.1, -0.05) is 6.07 Å². The van der Waals surface area contributed by atoms with Crippen molar-refractivity contribution in [3.8, 4) is 0 Å². The number of nitro groups is 1. The summed E-state index contributed by atoms with van der Waals surface area (Å²) < 4.78 is 18.1. The Bertz CT molecular complexity index is 515. The van der Waals surface area contributed by atoms with Crippen molar-refractivity contribution in [1.29, 1.82) is 0 Å². The van der Waals surface area contributed by atoms with E-state index in [1.165, 1.54) is 24.6 Å². The predicted octanol–water partition coefficient (Wildman–Crippen LogP) is 2.87. The fraction of sp³-hybridized carbons (Fsp3) is 0. The predicted molar refractivity (Wildman–Crippen MR) is 53.7 cm³/mol. The van der Waals surface area contributed by atoms with Crippen LogP contribution in [0, 0.1) is 15.9 Å². The molecule has 0 atom stereocenters. The molecule has 1 heterocycles. The van der Waals surface area contributed by atoms with Crippen LogP contribution in [0.25, 0.3) is 0 Å². The van der Waals surface area contributed by atoms with Gasteiger partial charge in [0.1, 0.15) is 6.26 Å². The Balaban J connectivity index is 2.40. The van der Waals surface area contributed by atoms with Gasteiger partial charge in [-0.25, -0.2) is 4.98 Å². The van der Waals surface area contributed by atoms with Crippen LogP contribution in [0.1, 0.15) is 0 Å². The first-order valence-corrected chi connectivity index (χ1v) is 5.00. The summed E-state index contributed by atoms with van der Waals surface area (Å²) in [6.07, 6.45) is 2.75. The Morgan fingerprint density at radius 1 is 1.50 bits per heavy atom. The van der Waals surface area contributed by atoms with Crippen molar-refractivity contribution in [2.75, 3.05) is 0 Å². The highest BCUT2D eigenvalue weighted by molar-refractivity contribution is 7.99. The first-order valence-electron chi connectivity index (χ1n) is 4.18. The van der Waals surface area contributed by atoms with Gasteiger partial charge in [-0.3, -0.25) is 10.1 Å². The van der Waals surface area contributed by atoms with Gasteiger partial charge in [0, 0.05) is 0 Å². The number of oxazole rings is 1. The van der Waals surface area contributed by atoms with Crippen molar-refractivity contribution in [2.24, 2.45) is 0 Å². The molecule has 1 aromatic heterocycles. The van der Waals surface area contributed by atoms with Gasteiger partial charge in [0.15, 0.2) is 0 Å². The standard InChI is InChI=1S/C9H5FN2O3S/c10-6-2-1-3-7(8(6)12(13)14)16-9-11-4-5-15-9/h1-5H. The smallest absolute Gasteiger partial charge is 0.318 e. The Hall–Kier alpha value is -1.89. The van der Waals surface area contributed by atoms with Crippen molar-refractivity contribution in [3.63, 3.8) is 0 Å². The lowest BCUT2D eigenvalue weighted by atomic mass is 10.3. The van der Waals surface area contributed by atoms with Gasteiger partial charge in [-0.2, -0.15) is 4.39 Å². The zero-order chi connectivity index (χ0) is 11.5. The normalized spacial score (nSPS) is 10.3. The van der Waals surface area contributed by atoms with Gasteiger partial charge in [-0.05, 0) is 23.9 Å². The van der Waals surface area contributed by atoms with E-state index in [0.29, 0.717) is 0 Å². The topological polar surface area (TPSA) is 69.2 Å². The van der Waals surface area contributed by atoms with Gasteiger partial charge < -0.3 is 4.42 Å². The summed E-state index contributed by atoms with van der Waals surface area (Å²) in [5.74, 6) is -0.874. The summed E-state index contributed by atoms with van der Waals surface area (Å²) >= 11 is 0.904. The molecule has 7 heteroatoms. The second kappa shape index (κ2) is 4.31. The molecule has 5 nitrogen and oxygen atoms in total. The molecule has 0 amide bonds. The van der Waals surface area contributed by atoms with Gasteiger partial charge in [0.25, 0.3) is 5.22 Å². The summed E-state index contributed by atoms with van der Waals surface area (Å²) in [5.41, 5.74) is -0.564. The third-order valence-corrected chi connectivity index (χ3v) is 2.66. The van der Waals surface area contributed by atoms with Crippen LogP contribution in [-0.4, -0.2) is 9.91 Å². The van der Waals surface area contributed by atoms with E-state index in [-0.39, 0.29) is 10.1 Å². The van der Waals surface area contributed by atoms with Crippen LogP contribution in [0.5, 0.6) is 0 Å². The molecule has 0 N–H and O–H groups in total. The highest BCUT2D eigenvalue weighted by Crippen LogP contribution is 2.35. The summed E-state index contributed by atoms with van der Waals surface area (Å²) in [6.45, 7) is 0. The van der Waals surface area contributed by atoms with Gasteiger partial charge in [0.2, 0.25) is 5.82 Å². The fourth-order valence-electron chi connectivity index (χ4n) is 1.11. The first kappa shape index (κ1) is 10.6. The second-order valence-electron chi connectivity index (χ2n) is 2.74. The number of nitro benzene ring substituents is 1. The maximum atomic E-state index is 13.2. The second-order valence-corrected chi connectivity index (χ2v) is 3.74. The van der Waals surface area contributed by atoms with E-state index in [1.807, 2.05) is 0 Å². The molecule has 1 aromatic carbocycles. The Labute approximate surface area is 93.4 Å². The Morgan fingerprint density at radius 3 is 2.94 bits per heavy atom. The number of para-hydroxylation sites is 1. The van der Waals surface area contributed by atoms with Crippen LogP contribution >= 0.6 is 11.8 Å². The van der Waals surface area contributed by atoms with Crippen molar-refractivity contribution in [1.82, 2.24) is 4.98 Å². The molecule has 0 spiro atoms. The van der Waals surface area contributed by atoms with Gasteiger partial charge in [-0.15, -0.1) is 0 Å². The number of aromatic nitrogens is 1. The Kier molecular flexibility index (Phi) is 2.86. The fourth-order valence-corrected chi connectivity index (χ4v) is 1.93. The third kappa shape index (κ3) is 2.03. The maximum absolute atomic E-state index is 13.2. The van der Waals surface area contributed by atoms with Crippen molar-refractivity contribution in [3.05, 3.63) is 46.6 Å². The summed E-state index contributed by atoms with van der Waals surface area (Å²) in [7, 11) is 0. The number of hydrogen-bond acceptors (Lipinski definition) is 5. The van der Waals surface area contributed by atoms with E-state index in [1.54, 1.807) is 0 Å². The lowest BCUT2D eigenvalue weighted by Crippen LogP contribution is -1.94. The van der Waals surface area contributed by atoms with Gasteiger partial charge in [0.05, 0.1) is 16.0 Å². The van der Waals surface area contributed by atoms with Crippen LogP contribution in [0.2, 0.25) is 0 Å². The molecule has 2 rings (SSSR count). The molecule has 2 aromatic rings. The van der Waals surface area contributed by atoms with Crippen molar-refractivity contribution in [2.45, 2.75) is 10.1 Å². The zero-order valence-electron chi connectivity index (χ0n) is 7.79. The average Bonchev–Trinajstić information content (AvgIpc) is 2.70. The Morgan fingerprint density at radius 2 is 2.31 bits per heavy atom. The van der Waals surface area contributed by atoms with Crippen molar-refractivity contribution >= 4 is 17.4 Å². The van der Waals surface area contributed by atoms with E-state index < -0.39 is 16.4 Å². The zero-order valence-corrected chi connectivity index (χ0v) is 8.61. The van der Waals surface area contributed by atoms with E-state index >= 15 is 0 Å². The first-order chi connectivity index (χ1) is 7.68. The van der Waals surface area contributed by atoms with E-state index in [4.69, 9.17) is 4.42 Å². The minimum atomic E-state index is -0.874. The average molecular weight is 240 g/mol. The number of benzene rings is 1. The van der Waals surface area contributed by atoms with Crippen LogP contribution in [0.3, 0.4) is 0 Å². The largest absolute Gasteiger partial charge is 0.440 e. The molecule has 0 saturated heterocycles. The molecule has 0 fully saturated rings. The number of halogens is 1. The minimum Gasteiger partial charge on any atom is -0.440 e. The molecule has 16 heavy (non-hydrogen) atoms. The number of nitrogens with zero attached hydrogens (tertiary/aromatic N) is 2.